The molecule has 0 saturated carbocycles. The first-order valence-corrected chi connectivity index (χ1v) is 5.91. The van der Waals surface area contributed by atoms with Crippen molar-refractivity contribution in [3.8, 4) is 0 Å². The minimum Gasteiger partial charge on any atom is -0.396 e. The minimum atomic E-state index is -0.129. The van der Waals surface area contributed by atoms with Crippen LogP contribution in [0, 0.1) is 0 Å². The quantitative estimate of drug-likeness (QED) is 0.609. The van der Waals surface area contributed by atoms with E-state index in [4.69, 9.17) is 17.3 Å². The molecule has 17 heavy (non-hydrogen) atoms. The Hall–Kier alpha value is -1.74. The number of allylic oxidation sites excluding steroid dienone is 2. The summed E-state index contributed by atoms with van der Waals surface area (Å²) in [6, 6.07) is 10.1. The maximum absolute atomic E-state index is 6.19. The van der Waals surface area contributed by atoms with E-state index in [0.717, 1.165) is 17.0 Å². The molecule has 0 saturated heterocycles. The fourth-order valence-electron chi connectivity index (χ4n) is 2.05. The van der Waals surface area contributed by atoms with Crippen molar-refractivity contribution < 1.29 is 0 Å². The lowest BCUT2D eigenvalue weighted by molar-refractivity contribution is 0.559. The van der Waals surface area contributed by atoms with Gasteiger partial charge in [0.2, 0.25) is 0 Å². The number of nitrogens with zero attached hydrogens (tertiary/aromatic N) is 2. The fraction of sp³-hybridized carbons (Fsp3) is 0.154. The van der Waals surface area contributed by atoms with Crippen LogP contribution in [0.4, 0.5) is 0 Å². The Balaban J connectivity index is 2.03. The van der Waals surface area contributed by atoms with E-state index < -0.39 is 0 Å². The molecule has 1 unspecified atom stereocenters. The van der Waals surface area contributed by atoms with Gasteiger partial charge >= 0.3 is 0 Å². The van der Waals surface area contributed by atoms with E-state index in [0.29, 0.717) is 12.2 Å². The van der Waals surface area contributed by atoms with Crippen molar-refractivity contribution in [2.75, 3.05) is 6.54 Å². The summed E-state index contributed by atoms with van der Waals surface area (Å²) in [7, 11) is 0. The summed E-state index contributed by atoms with van der Waals surface area (Å²) in [5.74, 6) is 0.782. The summed E-state index contributed by atoms with van der Waals surface area (Å²) in [5, 5.41) is 0. The third-order valence-corrected chi connectivity index (χ3v) is 3.24. The largest absolute Gasteiger partial charge is 0.396 e. The van der Waals surface area contributed by atoms with E-state index in [1.807, 2.05) is 35.4 Å². The zero-order chi connectivity index (χ0) is 11.8. The van der Waals surface area contributed by atoms with Crippen LogP contribution in [0.3, 0.4) is 0 Å². The zero-order valence-corrected chi connectivity index (χ0v) is 9.93. The molecule has 3 nitrogen and oxygen atoms in total. The van der Waals surface area contributed by atoms with Gasteiger partial charge in [-0.1, -0.05) is 41.9 Å². The number of fused-ring (bicyclic) bond motifs is 1. The van der Waals surface area contributed by atoms with Gasteiger partial charge in [0.05, 0.1) is 12.2 Å². The molecule has 0 radical (unpaired) electrons. The lowest BCUT2D eigenvalue weighted by Crippen LogP contribution is -2.33. The van der Waals surface area contributed by atoms with E-state index in [1.54, 1.807) is 0 Å². The number of amidine groups is 1. The van der Waals surface area contributed by atoms with E-state index in [1.165, 1.54) is 0 Å². The summed E-state index contributed by atoms with van der Waals surface area (Å²) in [4.78, 5) is 6.25. The van der Waals surface area contributed by atoms with Crippen molar-refractivity contribution in [2.24, 2.45) is 10.7 Å². The van der Waals surface area contributed by atoms with Gasteiger partial charge in [-0.05, 0) is 11.6 Å². The summed E-state index contributed by atoms with van der Waals surface area (Å²) >= 11 is 6.19. The molecule has 0 spiro atoms. The predicted molar refractivity (Wildman–Crippen MR) is 70.5 cm³/mol. The van der Waals surface area contributed by atoms with Gasteiger partial charge in [0.1, 0.15) is 5.50 Å². The molecule has 2 aliphatic rings. The second kappa shape index (κ2) is 3.93. The van der Waals surface area contributed by atoms with Crippen LogP contribution in [0.1, 0.15) is 5.56 Å². The van der Waals surface area contributed by atoms with E-state index >= 15 is 0 Å². The van der Waals surface area contributed by atoms with Crippen LogP contribution in [0.5, 0.6) is 0 Å². The molecule has 86 valence electrons. The maximum atomic E-state index is 6.19. The number of halogens is 1. The van der Waals surface area contributed by atoms with Gasteiger partial charge in [0.25, 0.3) is 0 Å². The molecule has 0 fully saturated rings. The number of alkyl halides is 1. The maximum Gasteiger partial charge on any atom is 0.152 e. The summed E-state index contributed by atoms with van der Waals surface area (Å²) in [5.41, 5.74) is 8.74. The number of hydrogen-bond donors (Lipinski definition) is 1. The number of rotatable bonds is 1. The van der Waals surface area contributed by atoms with Crippen molar-refractivity contribution in [2.45, 2.75) is 5.50 Å². The predicted octanol–water partition coefficient (Wildman–Crippen LogP) is 2.16. The third kappa shape index (κ3) is 1.72. The molecule has 0 amide bonds. The lowest BCUT2D eigenvalue weighted by atomic mass is 10.0. The van der Waals surface area contributed by atoms with Crippen LogP contribution in [0.15, 0.2) is 53.3 Å². The molecular formula is C13H12ClN3. The first-order valence-electron chi connectivity index (χ1n) is 5.47. The molecule has 1 atom stereocenters. The van der Waals surface area contributed by atoms with Crippen molar-refractivity contribution in [3.05, 3.63) is 53.9 Å². The zero-order valence-electron chi connectivity index (χ0n) is 9.18. The monoisotopic (exact) mass is 245 g/mol. The van der Waals surface area contributed by atoms with Crippen molar-refractivity contribution in [1.29, 1.82) is 0 Å². The Labute approximate surface area is 105 Å². The molecule has 2 N–H and O–H groups in total. The lowest BCUT2D eigenvalue weighted by Gasteiger charge is -2.25. The summed E-state index contributed by atoms with van der Waals surface area (Å²) < 4.78 is 0. The summed E-state index contributed by atoms with van der Waals surface area (Å²) in [6.45, 7) is 0.587. The first-order chi connectivity index (χ1) is 8.25. The molecule has 1 aromatic carbocycles. The number of nitrogens with two attached hydrogens (primary N) is 1. The molecular weight excluding hydrogens is 234 g/mol. The third-order valence-electron chi connectivity index (χ3n) is 2.89. The molecule has 0 aromatic heterocycles. The second-order valence-corrected chi connectivity index (χ2v) is 4.56. The van der Waals surface area contributed by atoms with Gasteiger partial charge in [-0.3, -0.25) is 4.99 Å². The van der Waals surface area contributed by atoms with E-state index in [-0.39, 0.29) is 5.50 Å². The molecule has 2 aliphatic heterocycles. The highest BCUT2D eigenvalue weighted by atomic mass is 35.5. The topological polar surface area (TPSA) is 41.6 Å². The van der Waals surface area contributed by atoms with Crippen LogP contribution >= 0.6 is 11.6 Å². The second-order valence-electron chi connectivity index (χ2n) is 4.06. The van der Waals surface area contributed by atoms with E-state index in [2.05, 4.69) is 17.1 Å². The highest BCUT2D eigenvalue weighted by Crippen LogP contribution is 2.27. The van der Waals surface area contributed by atoms with Gasteiger partial charge in [0, 0.05) is 11.8 Å². The van der Waals surface area contributed by atoms with Crippen LogP contribution in [-0.2, 0) is 0 Å². The van der Waals surface area contributed by atoms with Crippen LogP contribution in [0.2, 0.25) is 0 Å². The van der Waals surface area contributed by atoms with Crippen LogP contribution < -0.4 is 5.73 Å². The Morgan fingerprint density at radius 1 is 1.29 bits per heavy atom. The Bertz CT molecular complexity index is 531. The number of aliphatic imine (C=N–C) groups is 1. The van der Waals surface area contributed by atoms with Crippen molar-refractivity contribution in [1.82, 2.24) is 4.90 Å². The van der Waals surface area contributed by atoms with Crippen molar-refractivity contribution in [3.63, 3.8) is 0 Å². The van der Waals surface area contributed by atoms with Crippen molar-refractivity contribution >= 4 is 23.0 Å². The minimum absolute atomic E-state index is 0.129. The Morgan fingerprint density at radius 3 is 2.82 bits per heavy atom. The van der Waals surface area contributed by atoms with Crippen LogP contribution in [-0.4, -0.2) is 22.8 Å². The normalized spacial score (nSPS) is 22.8. The van der Waals surface area contributed by atoms with E-state index in [9.17, 15) is 0 Å². The highest BCUT2D eigenvalue weighted by Gasteiger charge is 2.28. The summed E-state index contributed by atoms with van der Waals surface area (Å²) in [6.07, 6.45) is 3.95. The van der Waals surface area contributed by atoms with Gasteiger partial charge < -0.3 is 10.6 Å². The Morgan fingerprint density at radius 2 is 2.06 bits per heavy atom. The average molecular weight is 246 g/mol. The van der Waals surface area contributed by atoms with Crippen LogP contribution in [0.25, 0.3) is 5.57 Å². The SMILES string of the molecule is NC1=CC(c2ccccc2)=CN2C1=NCC2Cl. The Kier molecular flexibility index (Phi) is 2.41. The highest BCUT2D eigenvalue weighted by molar-refractivity contribution is 6.23. The molecule has 0 aliphatic carbocycles. The molecule has 2 heterocycles. The molecule has 4 heteroatoms. The number of benzene rings is 1. The van der Waals surface area contributed by atoms with Gasteiger partial charge in [0.15, 0.2) is 5.84 Å². The van der Waals surface area contributed by atoms with Gasteiger partial charge in [-0.2, -0.15) is 0 Å². The molecule has 1 aromatic rings. The first kappa shape index (κ1) is 10.4. The fourth-order valence-corrected chi connectivity index (χ4v) is 2.27. The molecule has 0 bridgehead atoms. The van der Waals surface area contributed by atoms with Gasteiger partial charge in [-0.25, -0.2) is 0 Å². The van der Waals surface area contributed by atoms with Gasteiger partial charge in [-0.15, -0.1) is 0 Å². The smallest absolute Gasteiger partial charge is 0.152 e. The standard InChI is InChI=1S/C13H12ClN3/c14-12-7-16-13-11(15)6-10(8-17(12)13)9-4-2-1-3-5-9/h1-6,8,12H,7,15H2. The molecule has 3 rings (SSSR count). The number of hydrogen-bond acceptors (Lipinski definition) is 3. The average Bonchev–Trinajstić information content (AvgIpc) is 2.73.